The van der Waals surface area contributed by atoms with Crippen molar-refractivity contribution in [2.24, 2.45) is 0 Å². The van der Waals surface area contributed by atoms with Crippen molar-refractivity contribution in [2.45, 2.75) is 24.3 Å². The van der Waals surface area contributed by atoms with E-state index in [0.29, 0.717) is 12.8 Å². The number of hydrogen-bond acceptors (Lipinski definition) is 2. The van der Waals surface area contributed by atoms with Gasteiger partial charge in [-0.3, -0.25) is 0 Å². The van der Waals surface area contributed by atoms with E-state index in [9.17, 15) is 12.8 Å². The van der Waals surface area contributed by atoms with Gasteiger partial charge < -0.3 is 0 Å². The fourth-order valence-electron chi connectivity index (χ4n) is 0.746. The van der Waals surface area contributed by atoms with Crippen molar-refractivity contribution in [2.75, 3.05) is 0 Å². The minimum absolute atomic E-state index is 0.330. The van der Waals surface area contributed by atoms with E-state index in [1.54, 1.807) is 0 Å². The Morgan fingerprint density at radius 3 is 2.00 bits per heavy atom. The molecule has 0 bridgehead atoms. The second kappa shape index (κ2) is 2.09. The standard InChI is InChI=1S/C4H6ClFO2S/c5-9(7,8)4-2-1-3(4)6/h3-4H,1-2H2/t3-,4-/m0/s1. The van der Waals surface area contributed by atoms with Crippen LogP contribution < -0.4 is 0 Å². The molecular weight excluding hydrogens is 167 g/mol. The summed E-state index contributed by atoms with van der Waals surface area (Å²) >= 11 is 0. The highest BCUT2D eigenvalue weighted by Crippen LogP contribution is 2.31. The van der Waals surface area contributed by atoms with Crippen LogP contribution in [0, 0.1) is 0 Å². The van der Waals surface area contributed by atoms with E-state index in [2.05, 4.69) is 0 Å². The molecule has 2 atom stereocenters. The molecule has 0 heterocycles. The maximum atomic E-state index is 12.2. The first-order chi connectivity index (χ1) is 4.02. The number of hydrogen-bond donors (Lipinski definition) is 0. The van der Waals surface area contributed by atoms with Gasteiger partial charge in [-0.2, -0.15) is 0 Å². The molecule has 0 aromatic carbocycles. The highest BCUT2D eigenvalue weighted by molar-refractivity contribution is 8.14. The third-order valence-corrected chi connectivity index (χ3v) is 3.43. The van der Waals surface area contributed by atoms with Crippen LogP contribution in [0.25, 0.3) is 0 Å². The minimum atomic E-state index is -3.62. The topological polar surface area (TPSA) is 34.1 Å². The third-order valence-electron chi connectivity index (χ3n) is 1.49. The van der Waals surface area contributed by atoms with E-state index >= 15 is 0 Å². The largest absolute Gasteiger partial charge is 0.246 e. The van der Waals surface area contributed by atoms with Gasteiger partial charge in [0.05, 0.1) is 0 Å². The van der Waals surface area contributed by atoms with Crippen molar-refractivity contribution in [1.29, 1.82) is 0 Å². The zero-order valence-corrected chi connectivity index (χ0v) is 6.12. The Labute approximate surface area is 57.4 Å². The van der Waals surface area contributed by atoms with E-state index in [1.165, 1.54) is 0 Å². The summed E-state index contributed by atoms with van der Waals surface area (Å²) in [5.41, 5.74) is 0. The van der Waals surface area contributed by atoms with E-state index in [1.807, 2.05) is 0 Å². The van der Waals surface area contributed by atoms with Gasteiger partial charge in [-0.15, -0.1) is 0 Å². The van der Waals surface area contributed by atoms with Crippen molar-refractivity contribution in [3.05, 3.63) is 0 Å². The number of alkyl halides is 1. The molecule has 1 aliphatic carbocycles. The quantitative estimate of drug-likeness (QED) is 0.555. The summed E-state index contributed by atoms with van der Waals surface area (Å²) < 4.78 is 32.9. The highest BCUT2D eigenvalue weighted by Gasteiger charge is 2.40. The lowest BCUT2D eigenvalue weighted by Crippen LogP contribution is -2.37. The number of halogens is 2. The van der Waals surface area contributed by atoms with E-state index in [-0.39, 0.29) is 0 Å². The molecule has 5 heteroatoms. The Kier molecular flexibility index (Phi) is 1.69. The molecule has 54 valence electrons. The van der Waals surface area contributed by atoms with Gasteiger partial charge >= 0.3 is 0 Å². The molecule has 2 nitrogen and oxygen atoms in total. The summed E-state index contributed by atoms with van der Waals surface area (Å²) in [6.45, 7) is 0. The second-order valence-corrected chi connectivity index (χ2v) is 4.95. The minimum Gasteiger partial charge on any atom is -0.246 e. The van der Waals surface area contributed by atoms with E-state index < -0.39 is 20.5 Å². The van der Waals surface area contributed by atoms with Crippen molar-refractivity contribution >= 4 is 19.7 Å². The van der Waals surface area contributed by atoms with Crippen molar-refractivity contribution in [3.8, 4) is 0 Å². The van der Waals surface area contributed by atoms with Crippen LogP contribution in [0.3, 0.4) is 0 Å². The fraction of sp³-hybridized carbons (Fsp3) is 1.00. The lowest BCUT2D eigenvalue weighted by atomic mass is 9.97. The number of rotatable bonds is 1. The van der Waals surface area contributed by atoms with Crippen LogP contribution in [0.1, 0.15) is 12.8 Å². The fourth-order valence-corrected chi connectivity index (χ4v) is 2.25. The smallest absolute Gasteiger partial charge is 0.238 e. The molecule has 1 saturated carbocycles. The summed E-state index contributed by atoms with van der Waals surface area (Å²) in [7, 11) is 1.24. The Morgan fingerprint density at radius 1 is 1.44 bits per heavy atom. The van der Waals surface area contributed by atoms with Gasteiger partial charge in [0.2, 0.25) is 9.05 Å². The van der Waals surface area contributed by atoms with Gasteiger partial charge in [-0.05, 0) is 12.8 Å². The van der Waals surface area contributed by atoms with Gasteiger partial charge in [0.25, 0.3) is 0 Å². The first-order valence-corrected chi connectivity index (χ1v) is 4.96. The maximum Gasteiger partial charge on any atom is 0.238 e. The van der Waals surface area contributed by atoms with Crippen LogP contribution in [-0.4, -0.2) is 19.8 Å². The Bertz CT molecular complexity index is 201. The molecule has 0 aliphatic heterocycles. The SMILES string of the molecule is O=S(=O)(Cl)[C@H]1CC[C@@H]1F. The van der Waals surface area contributed by atoms with Crippen LogP contribution in [0.5, 0.6) is 0 Å². The molecule has 0 aromatic heterocycles. The molecule has 0 amide bonds. The predicted octanol–water partition coefficient (Wildman–Crippen LogP) is 1.06. The molecule has 0 saturated heterocycles. The summed E-state index contributed by atoms with van der Waals surface area (Å²) in [5.74, 6) is 0. The zero-order valence-electron chi connectivity index (χ0n) is 4.55. The van der Waals surface area contributed by atoms with Crippen LogP contribution in [-0.2, 0) is 9.05 Å². The van der Waals surface area contributed by atoms with Crippen LogP contribution >= 0.6 is 10.7 Å². The van der Waals surface area contributed by atoms with Crippen molar-refractivity contribution < 1.29 is 12.8 Å². The van der Waals surface area contributed by atoms with Crippen LogP contribution in [0.2, 0.25) is 0 Å². The van der Waals surface area contributed by atoms with Crippen molar-refractivity contribution in [1.82, 2.24) is 0 Å². The Balaban J connectivity index is 2.66. The van der Waals surface area contributed by atoms with Crippen molar-refractivity contribution in [3.63, 3.8) is 0 Å². The summed E-state index contributed by atoms with van der Waals surface area (Å²) in [5, 5.41) is -0.931. The molecule has 1 fully saturated rings. The zero-order chi connectivity index (χ0) is 7.07. The van der Waals surface area contributed by atoms with Gasteiger partial charge in [-0.1, -0.05) is 0 Å². The van der Waals surface area contributed by atoms with Gasteiger partial charge in [0, 0.05) is 10.7 Å². The van der Waals surface area contributed by atoms with E-state index in [0.717, 1.165) is 0 Å². The monoisotopic (exact) mass is 172 g/mol. The normalized spacial score (nSPS) is 35.8. The Morgan fingerprint density at radius 2 is 2.00 bits per heavy atom. The lowest BCUT2D eigenvalue weighted by molar-refractivity contribution is 0.216. The molecule has 9 heavy (non-hydrogen) atoms. The first kappa shape index (κ1) is 7.28. The molecule has 0 aromatic rings. The van der Waals surface area contributed by atoms with E-state index in [4.69, 9.17) is 10.7 Å². The molecule has 0 radical (unpaired) electrons. The maximum absolute atomic E-state index is 12.2. The lowest BCUT2D eigenvalue weighted by Gasteiger charge is -2.26. The molecule has 0 spiro atoms. The van der Waals surface area contributed by atoms with Gasteiger partial charge in [0.15, 0.2) is 0 Å². The predicted molar refractivity (Wildman–Crippen MR) is 32.7 cm³/mol. The average molecular weight is 173 g/mol. The van der Waals surface area contributed by atoms with Gasteiger partial charge in [-0.25, -0.2) is 12.8 Å². The molecule has 1 rings (SSSR count). The summed E-state index contributed by atoms with van der Waals surface area (Å²) in [6, 6.07) is 0. The second-order valence-electron chi connectivity index (χ2n) is 2.11. The molecule has 1 aliphatic rings. The van der Waals surface area contributed by atoms with Crippen LogP contribution in [0.15, 0.2) is 0 Å². The Hall–Kier alpha value is 0.170. The first-order valence-electron chi connectivity index (χ1n) is 2.59. The average Bonchev–Trinajstić information content (AvgIpc) is 1.57. The molecule has 0 N–H and O–H groups in total. The third kappa shape index (κ3) is 1.35. The summed E-state index contributed by atoms with van der Waals surface area (Å²) in [4.78, 5) is 0. The summed E-state index contributed by atoms with van der Waals surface area (Å²) in [6.07, 6.45) is -0.531. The highest BCUT2D eigenvalue weighted by atomic mass is 35.7. The molecular formula is C4H6ClFO2S. The molecule has 0 unspecified atom stereocenters. The van der Waals surface area contributed by atoms with Gasteiger partial charge in [0.1, 0.15) is 11.4 Å². The van der Waals surface area contributed by atoms with Crippen LogP contribution in [0.4, 0.5) is 4.39 Å².